The molecule has 1 atom stereocenters. The van der Waals surface area contributed by atoms with Crippen molar-refractivity contribution < 1.29 is 23.5 Å². The van der Waals surface area contributed by atoms with Gasteiger partial charge < -0.3 is 23.5 Å². The van der Waals surface area contributed by atoms with Crippen LogP contribution in [0.3, 0.4) is 0 Å². The third kappa shape index (κ3) is 6.55. The van der Waals surface area contributed by atoms with Crippen LogP contribution in [0.5, 0.6) is 5.75 Å². The smallest absolute Gasteiger partial charge is 0.231 e. The summed E-state index contributed by atoms with van der Waals surface area (Å²) in [6, 6.07) is 18.0. The SMILES string of the molecule is COc1ccc(CCOCC[N+](C)(C)Cc2cnc([C@](O)(c3ccccc3)C3CCCCC3)o2)cc1. The molecule has 0 saturated heterocycles. The Morgan fingerprint density at radius 3 is 2.42 bits per heavy atom. The summed E-state index contributed by atoms with van der Waals surface area (Å²) in [5.74, 6) is 2.20. The molecule has 1 aliphatic rings. The zero-order chi connectivity index (χ0) is 25.4. The minimum Gasteiger partial charge on any atom is -0.497 e. The van der Waals surface area contributed by atoms with E-state index in [1.807, 2.05) is 42.5 Å². The predicted octanol–water partition coefficient (Wildman–Crippen LogP) is 5.34. The Hall–Kier alpha value is -2.67. The largest absolute Gasteiger partial charge is 0.497 e. The molecule has 0 bridgehead atoms. The van der Waals surface area contributed by atoms with Crippen LogP contribution in [0.4, 0.5) is 0 Å². The van der Waals surface area contributed by atoms with E-state index in [1.165, 1.54) is 12.0 Å². The van der Waals surface area contributed by atoms with E-state index < -0.39 is 5.60 Å². The Bertz CT molecular complexity index is 1060. The van der Waals surface area contributed by atoms with Gasteiger partial charge in [-0.2, -0.15) is 0 Å². The molecule has 0 spiro atoms. The van der Waals surface area contributed by atoms with Crippen molar-refractivity contribution in [2.75, 3.05) is 41.0 Å². The van der Waals surface area contributed by atoms with Crippen molar-refractivity contribution in [3.63, 3.8) is 0 Å². The lowest BCUT2D eigenvalue weighted by molar-refractivity contribution is -0.904. The second kappa shape index (κ2) is 12.0. The Balaban J connectivity index is 1.34. The molecule has 0 radical (unpaired) electrons. The molecule has 1 heterocycles. The highest BCUT2D eigenvalue weighted by molar-refractivity contribution is 5.30. The van der Waals surface area contributed by atoms with Crippen LogP contribution >= 0.6 is 0 Å². The van der Waals surface area contributed by atoms with E-state index in [9.17, 15) is 5.11 Å². The van der Waals surface area contributed by atoms with E-state index in [2.05, 4.69) is 31.2 Å². The number of benzene rings is 2. The molecule has 4 rings (SSSR count). The third-order valence-corrected chi connectivity index (χ3v) is 7.41. The lowest BCUT2D eigenvalue weighted by Gasteiger charge is -2.36. The van der Waals surface area contributed by atoms with Gasteiger partial charge in [0.15, 0.2) is 11.4 Å². The standard InChI is InChI=1S/C30H41N2O4/c1-32(2,19-21-35-20-18-24-14-16-27(34-3)17-15-24)23-28-22-31-29(36-28)30(33,25-10-6-4-7-11-25)26-12-8-5-9-13-26/h4,6-7,10-11,14-17,22,26,33H,5,8-9,12-13,18-21,23H2,1-3H3/q+1/t30-/m0/s1. The van der Waals surface area contributed by atoms with E-state index in [0.29, 0.717) is 30.1 Å². The van der Waals surface area contributed by atoms with E-state index in [-0.39, 0.29) is 5.92 Å². The van der Waals surface area contributed by atoms with E-state index >= 15 is 0 Å². The number of likely N-dealkylation sites (N-methyl/N-ethyl adjacent to an activating group) is 1. The molecule has 1 aliphatic carbocycles. The summed E-state index contributed by atoms with van der Waals surface area (Å²) in [6.45, 7) is 2.89. The second-order valence-electron chi connectivity index (χ2n) is 10.6. The van der Waals surface area contributed by atoms with Crippen LogP contribution in [-0.2, 0) is 23.3 Å². The van der Waals surface area contributed by atoms with Gasteiger partial charge in [-0.1, -0.05) is 61.7 Å². The molecule has 6 heteroatoms. The van der Waals surface area contributed by atoms with Gasteiger partial charge in [0, 0.05) is 5.92 Å². The minimum atomic E-state index is -1.19. The Morgan fingerprint density at radius 2 is 1.72 bits per heavy atom. The molecule has 6 nitrogen and oxygen atoms in total. The number of oxazole rings is 1. The van der Waals surface area contributed by atoms with Crippen LogP contribution in [0.2, 0.25) is 0 Å². The van der Waals surface area contributed by atoms with Gasteiger partial charge in [-0.15, -0.1) is 0 Å². The molecule has 194 valence electrons. The number of ether oxygens (including phenoxy) is 2. The van der Waals surface area contributed by atoms with Gasteiger partial charge in [-0.25, -0.2) is 4.98 Å². The topological polar surface area (TPSA) is 64.7 Å². The number of rotatable bonds is 12. The Labute approximate surface area is 215 Å². The number of quaternary nitrogens is 1. The molecule has 2 aromatic carbocycles. The first kappa shape index (κ1) is 26.4. The van der Waals surface area contributed by atoms with Crippen molar-refractivity contribution in [1.29, 1.82) is 0 Å². The summed E-state index contributed by atoms with van der Waals surface area (Å²) >= 11 is 0. The zero-order valence-electron chi connectivity index (χ0n) is 22.0. The van der Waals surface area contributed by atoms with Crippen LogP contribution in [0.1, 0.15) is 54.9 Å². The van der Waals surface area contributed by atoms with Crippen molar-refractivity contribution in [3.05, 3.63) is 83.6 Å². The van der Waals surface area contributed by atoms with Crippen molar-refractivity contribution >= 4 is 0 Å². The van der Waals surface area contributed by atoms with E-state index in [0.717, 1.165) is 55.7 Å². The van der Waals surface area contributed by atoms with Gasteiger partial charge in [0.1, 0.15) is 18.8 Å². The monoisotopic (exact) mass is 493 g/mol. The molecule has 0 unspecified atom stereocenters. The first-order chi connectivity index (χ1) is 17.4. The molecular weight excluding hydrogens is 452 g/mol. The molecule has 1 N–H and O–H groups in total. The number of hydrogen-bond acceptors (Lipinski definition) is 5. The van der Waals surface area contributed by atoms with Crippen LogP contribution in [0.25, 0.3) is 0 Å². The number of aromatic nitrogens is 1. The maximum Gasteiger partial charge on any atom is 0.231 e. The fourth-order valence-electron chi connectivity index (χ4n) is 5.20. The summed E-state index contributed by atoms with van der Waals surface area (Å²) in [6.07, 6.45) is 8.13. The van der Waals surface area contributed by atoms with Gasteiger partial charge in [0.2, 0.25) is 5.89 Å². The van der Waals surface area contributed by atoms with E-state index in [1.54, 1.807) is 13.3 Å². The normalized spacial score (nSPS) is 16.6. The average Bonchev–Trinajstić information content (AvgIpc) is 3.37. The summed E-state index contributed by atoms with van der Waals surface area (Å²) in [7, 11) is 6.01. The van der Waals surface area contributed by atoms with Crippen molar-refractivity contribution in [2.24, 2.45) is 5.92 Å². The average molecular weight is 494 g/mol. The van der Waals surface area contributed by atoms with Gasteiger partial charge in [0.05, 0.1) is 40.6 Å². The molecule has 36 heavy (non-hydrogen) atoms. The first-order valence-corrected chi connectivity index (χ1v) is 13.2. The second-order valence-corrected chi connectivity index (χ2v) is 10.6. The fraction of sp³-hybridized carbons (Fsp3) is 0.500. The molecule has 0 aliphatic heterocycles. The third-order valence-electron chi connectivity index (χ3n) is 7.41. The Kier molecular flexibility index (Phi) is 8.83. The van der Waals surface area contributed by atoms with Gasteiger partial charge in [-0.3, -0.25) is 0 Å². The highest BCUT2D eigenvalue weighted by Crippen LogP contribution is 2.43. The first-order valence-electron chi connectivity index (χ1n) is 13.2. The summed E-state index contributed by atoms with van der Waals surface area (Å²) in [5, 5.41) is 12.0. The molecular formula is C30H41N2O4+. The minimum absolute atomic E-state index is 0.113. The quantitative estimate of drug-likeness (QED) is 0.273. The summed E-state index contributed by atoms with van der Waals surface area (Å²) in [5.41, 5.74) is 0.911. The highest BCUT2D eigenvalue weighted by atomic mass is 16.5. The summed E-state index contributed by atoms with van der Waals surface area (Å²) < 4.78 is 18.1. The van der Waals surface area contributed by atoms with Gasteiger partial charge >= 0.3 is 0 Å². The molecule has 0 amide bonds. The van der Waals surface area contributed by atoms with Gasteiger partial charge in [-0.05, 0) is 42.5 Å². The zero-order valence-corrected chi connectivity index (χ0v) is 22.0. The van der Waals surface area contributed by atoms with Crippen LogP contribution in [0, 0.1) is 5.92 Å². The molecule has 1 fully saturated rings. The lowest BCUT2D eigenvalue weighted by atomic mass is 9.73. The van der Waals surface area contributed by atoms with Crippen LogP contribution in [0.15, 0.2) is 65.2 Å². The number of nitrogens with zero attached hydrogens (tertiary/aromatic N) is 2. The summed E-state index contributed by atoms with van der Waals surface area (Å²) in [4.78, 5) is 4.61. The number of aliphatic hydroxyl groups is 1. The maximum absolute atomic E-state index is 12.0. The van der Waals surface area contributed by atoms with Gasteiger partial charge in [0.25, 0.3) is 0 Å². The van der Waals surface area contributed by atoms with Crippen molar-refractivity contribution in [1.82, 2.24) is 4.98 Å². The molecule has 3 aromatic rings. The van der Waals surface area contributed by atoms with Crippen molar-refractivity contribution in [2.45, 2.75) is 50.7 Å². The van der Waals surface area contributed by atoms with E-state index in [4.69, 9.17) is 13.9 Å². The van der Waals surface area contributed by atoms with Crippen LogP contribution in [-0.4, -0.2) is 55.5 Å². The highest BCUT2D eigenvalue weighted by Gasteiger charge is 2.44. The lowest BCUT2D eigenvalue weighted by Crippen LogP contribution is -2.41. The number of methoxy groups -OCH3 is 1. The number of hydrogen-bond donors (Lipinski definition) is 1. The molecule has 1 aromatic heterocycles. The Morgan fingerprint density at radius 1 is 1.00 bits per heavy atom. The molecule has 1 saturated carbocycles. The predicted molar refractivity (Wildman–Crippen MR) is 141 cm³/mol. The maximum atomic E-state index is 12.0. The van der Waals surface area contributed by atoms with Crippen molar-refractivity contribution in [3.8, 4) is 5.75 Å². The van der Waals surface area contributed by atoms with Crippen LogP contribution < -0.4 is 4.74 Å². The fourth-order valence-corrected chi connectivity index (χ4v) is 5.20.